The Labute approximate surface area is 173 Å². The van der Waals surface area contributed by atoms with Crippen LogP contribution in [0.3, 0.4) is 0 Å². The predicted molar refractivity (Wildman–Crippen MR) is 112 cm³/mol. The Hall–Kier alpha value is -2.82. The van der Waals surface area contributed by atoms with Gasteiger partial charge in [0.2, 0.25) is 0 Å². The van der Waals surface area contributed by atoms with Crippen LogP contribution in [0.4, 0.5) is 0 Å². The molecule has 0 bridgehead atoms. The lowest BCUT2D eigenvalue weighted by atomic mass is 10.1. The normalized spacial score (nSPS) is 10.4. The third-order valence-corrected chi connectivity index (χ3v) is 4.42. The van der Waals surface area contributed by atoms with Gasteiger partial charge >= 0.3 is 11.9 Å². The maximum atomic E-state index is 12.1. The van der Waals surface area contributed by atoms with E-state index in [0.717, 1.165) is 18.6 Å². The van der Waals surface area contributed by atoms with Gasteiger partial charge in [-0.2, -0.15) is 0 Å². The molecule has 0 aromatic heterocycles. The lowest BCUT2D eigenvalue weighted by Crippen LogP contribution is -2.13. The number of esters is 2. The highest BCUT2D eigenvalue weighted by molar-refractivity contribution is 5.93. The first-order valence-electron chi connectivity index (χ1n) is 10.3. The minimum absolute atomic E-state index is 0.149. The molecule has 29 heavy (non-hydrogen) atoms. The number of hydrogen-bond donors (Lipinski definition) is 0. The average Bonchev–Trinajstić information content (AvgIpc) is 2.76. The van der Waals surface area contributed by atoms with Crippen molar-refractivity contribution in [1.82, 2.24) is 0 Å². The molecule has 0 radical (unpaired) electrons. The van der Waals surface area contributed by atoms with E-state index in [9.17, 15) is 9.59 Å². The lowest BCUT2D eigenvalue weighted by molar-refractivity contribution is 0.0447. The monoisotopic (exact) mass is 398 g/mol. The molecule has 0 spiro atoms. The van der Waals surface area contributed by atoms with Crippen LogP contribution in [0.15, 0.2) is 54.6 Å². The van der Waals surface area contributed by atoms with Gasteiger partial charge in [0.1, 0.15) is 19.0 Å². The van der Waals surface area contributed by atoms with Gasteiger partial charge in [0, 0.05) is 0 Å². The van der Waals surface area contributed by atoms with Crippen LogP contribution in [-0.2, 0) is 9.47 Å². The maximum Gasteiger partial charge on any atom is 0.338 e. The van der Waals surface area contributed by atoms with Gasteiger partial charge in [-0.15, -0.1) is 0 Å². The fourth-order valence-corrected chi connectivity index (χ4v) is 2.77. The van der Waals surface area contributed by atoms with Gasteiger partial charge in [0.25, 0.3) is 0 Å². The molecule has 0 heterocycles. The van der Waals surface area contributed by atoms with Crippen molar-refractivity contribution in [2.24, 2.45) is 0 Å². The van der Waals surface area contributed by atoms with E-state index in [0.29, 0.717) is 17.7 Å². The molecule has 5 heteroatoms. The molecule has 0 aliphatic carbocycles. The van der Waals surface area contributed by atoms with E-state index in [-0.39, 0.29) is 19.2 Å². The Balaban J connectivity index is 1.64. The van der Waals surface area contributed by atoms with E-state index in [4.69, 9.17) is 14.2 Å². The first kappa shape index (κ1) is 22.5. The molecular formula is C24H30O5. The lowest BCUT2D eigenvalue weighted by Gasteiger charge is -2.08. The van der Waals surface area contributed by atoms with E-state index in [1.54, 1.807) is 24.3 Å². The number of unbranched alkanes of at least 4 members (excludes halogenated alkanes) is 5. The highest BCUT2D eigenvalue weighted by atomic mass is 16.6. The Morgan fingerprint density at radius 3 is 1.83 bits per heavy atom. The standard InChI is InChI=1S/C24H30O5/c1-2-3-4-5-6-10-17-28-23(25)20-13-15-21(16-14-20)24(26)29-19-18-27-22-11-8-7-9-12-22/h7-9,11-16H,2-6,10,17-19H2,1H3. The van der Waals surface area contributed by atoms with E-state index < -0.39 is 5.97 Å². The van der Waals surface area contributed by atoms with Crippen LogP contribution >= 0.6 is 0 Å². The fourth-order valence-electron chi connectivity index (χ4n) is 2.77. The topological polar surface area (TPSA) is 61.8 Å². The van der Waals surface area contributed by atoms with E-state index in [2.05, 4.69) is 6.92 Å². The van der Waals surface area contributed by atoms with Crippen molar-refractivity contribution in [1.29, 1.82) is 0 Å². The highest BCUT2D eigenvalue weighted by Crippen LogP contribution is 2.10. The van der Waals surface area contributed by atoms with E-state index in [1.165, 1.54) is 25.7 Å². The van der Waals surface area contributed by atoms with E-state index >= 15 is 0 Å². The van der Waals surface area contributed by atoms with Gasteiger partial charge in [0.05, 0.1) is 17.7 Å². The van der Waals surface area contributed by atoms with Crippen molar-refractivity contribution in [3.63, 3.8) is 0 Å². The quantitative estimate of drug-likeness (QED) is 0.332. The molecule has 0 aliphatic heterocycles. The molecule has 2 aromatic carbocycles. The minimum Gasteiger partial charge on any atom is -0.490 e. The molecule has 156 valence electrons. The molecule has 2 aromatic rings. The average molecular weight is 398 g/mol. The second-order valence-electron chi connectivity index (χ2n) is 6.78. The largest absolute Gasteiger partial charge is 0.490 e. The Kier molecular flexibility index (Phi) is 10.4. The first-order valence-corrected chi connectivity index (χ1v) is 10.3. The van der Waals surface area contributed by atoms with Gasteiger partial charge in [0.15, 0.2) is 0 Å². The maximum absolute atomic E-state index is 12.1. The molecular weight excluding hydrogens is 368 g/mol. The van der Waals surface area contributed by atoms with Gasteiger partial charge in [-0.25, -0.2) is 9.59 Å². The molecule has 0 fully saturated rings. The summed E-state index contributed by atoms with van der Waals surface area (Å²) in [5.41, 5.74) is 0.817. The highest BCUT2D eigenvalue weighted by Gasteiger charge is 2.11. The Morgan fingerprint density at radius 2 is 1.21 bits per heavy atom. The second-order valence-corrected chi connectivity index (χ2v) is 6.78. The molecule has 0 atom stereocenters. The summed E-state index contributed by atoms with van der Waals surface area (Å²) in [6.45, 7) is 3.04. The number of para-hydroxylation sites is 1. The summed E-state index contributed by atoms with van der Waals surface area (Å²) in [6.07, 6.45) is 6.85. The van der Waals surface area contributed by atoms with E-state index in [1.807, 2.05) is 30.3 Å². The van der Waals surface area contributed by atoms with Crippen LogP contribution < -0.4 is 4.74 Å². The van der Waals surface area contributed by atoms with Crippen LogP contribution in [0.1, 0.15) is 66.2 Å². The van der Waals surface area contributed by atoms with Crippen LogP contribution in [0.5, 0.6) is 5.75 Å². The van der Waals surface area contributed by atoms with Gasteiger partial charge in [-0.05, 0) is 42.8 Å². The van der Waals surface area contributed by atoms with Crippen LogP contribution in [-0.4, -0.2) is 31.8 Å². The van der Waals surface area contributed by atoms with Crippen molar-refractivity contribution in [3.05, 3.63) is 65.7 Å². The number of hydrogen-bond acceptors (Lipinski definition) is 5. The van der Waals surface area contributed by atoms with Crippen molar-refractivity contribution in [2.45, 2.75) is 45.4 Å². The molecule has 0 unspecified atom stereocenters. The van der Waals surface area contributed by atoms with Crippen LogP contribution in [0.2, 0.25) is 0 Å². The molecule has 0 saturated carbocycles. The summed E-state index contributed by atoms with van der Waals surface area (Å²) in [4.78, 5) is 24.1. The molecule has 0 saturated heterocycles. The number of benzene rings is 2. The summed E-state index contributed by atoms with van der Waals surface area (Å²) in [6, 6.07) is 15.6. The number of carbonyl (C=O) groups is 2. The van der Waals surface area contributed by atoms with Crippen LogP contribution in [0.25, 0.3) is 0 Å². The van der Waals surface area contributed by atoms with Crippen molar-refractivity contribution < 1.29 is 23.8 Å². The number of ether oxygens (including phenoxy) is 3. The van der Waals surface area contributed by atoms with Crippen molar-refractivity contribution in [3.8, 4) is 5.75 Å². The van der Waals surface area contributed by atoms with Crippen LogP contribution in [0, 0.1) is 0 Å². The molecule has 2 rings (SSSR count). The van der Waals surface area contributed by atoms with Gasteiger partial charge in [-0.3, -0.25) is 0 Å². The molecule has 0 N–H and O–H groups in total. The van der Waals surface area contributed by atoms with Crippen molar-refractivity contribution >= 4 is 11.9 Å². The zero-order valence-electron chi connectivity index (χ0n) is 17.1. The third kappa shape index (κ3) is 8.81. The van der Waals surface area contributed by atoms with Gasteiger partial charge < -0.3 is 14.2 Å². The first-order chi connectivity index (χ1) is 14.2. The third-order valence-electron chi connectivity index (χ3n) is 4.42. The summed E-state index contributed by atoms with van der Waals surface area (Å²) in [5, 5.41) is 0. The van der Waals surface area contributed by atoms with Crippen molar-refractivity contribution in [2.75, 3.05) is 19.8 Å². The summed E-state index contributed by atoms with van der Waals surface area (Å²) in [5.74, 6) is -0.0873. The predicted octanol–water partition coefficient (Wildman–Crippen LogP) is 5.44. The number of rotatable bonds is 13. The second kappa shape index (κ2) is 13.4. The molecule has 5 nitrogen and oxygen atoms in total. The zero-order valence-corrected chi connectivity index (χ0v) is 17.1. The molecule has 0 aliphatic rings. The molecule has 0 amide bonds. The Bertz CT molecular complexity index is 725. The smallest absolute Gasteiger partial charge is 0.338 e. The fraction of sp³-hybridized carbons (Fsp3) is 0.417. The summed E-state index contributed by atoms with van der Waals surface area (Å²) >= 11 is 0. The SMILES string of the molecule is CCCCCCCCOC(=O)c1ccc(C(=O)OCCOc2ccccc2)cc1. The Morgan fingerprint density at radius 1 is 0.655 bits per heavy atom. The van der Waals surface area contributed by atoms with Gasteiger partial charge in [-0.1, -0.05) is 57.2 Å². The summed E-state index contributed by atoms with van der Waals surface area (Å²) in [7, 11) is 0. The number of carbonyl (C=O) groups excluding carboxylic acids is 2. The minimum atomic E-state index is -0.450. The summed E-state index contributed by atoms with van der Waals surface area (Å²) < 4.78 is 16.0. The zero-order chi connectivity index (χ0) is 20.7.